The third-order valence-electron chi connectivity index (χ3n) is 3.10. The maximum atomic E-state index is 12.2. The highest BCUT2D eigenvalue weighted by molar-refractivity contribution is 5.94. The van der Waals surface area contributed by atoms with Gasteiger partial charge in [0.25, 0.3) is 0 Å². The minimum atomic E-state index is 0.0501. The molecule has 5 nitrogen and oxygen atoms in total. The summed E-state index contributed by atoms with van der Waals surface area (Å²) in [5, 5.41) is 7.81. The second-order valence-electron chi connectivity index (χ2n) is 4.67. The molecule has 0 radical (unpaired) electrons. The molecule has 2 aromatic rings. The quantitative estimate of drug-likeness (QED) is 0.802. The zero-order chi connectivity index (χ0) is 13.7. The minimum Gasteiger partial charge on any atom is -0.330 e. The zero-order valence-corrected chi connectivity index (χ0v) is 11.0. The number of nitrogens with two attached hydrogens (primary N) is 1. The Labute approximate surface area is 112 Å². The van der Waals surface area contributed by atoms with Crippen molar-refractivity contribution in [1.82, 2.24) is 15.0 Å². The van der Waals surface area contributed by atoms with E-state index in [-0.39, 0.29) is 5.78 Å². The van der Waals surface area contributed by atoms with E-state index in [1.807, 2.05) is 37.3 Å². The largest absolute Gasteiger partial charge is 0.330 e. The number of rotatable bonds is 6. The Bertz CT molecular complexity index is 535. The van der Waals surface area contributed by atoms with Crippen LogP contribution in [0.4, 0.5) is 0 Å². The van der Waals surface area contributed by atoms with Crippen LogP contribution in [0.1, 0.15) is 30.3 Å². The molecule has 1 aromatic carbocycles. The molecule has 0 aliphatic heterocycles. The summed E-state index contributed by atoms with van der Waals surface area (Å²) < 4.78 is 1.58. The number of hydrogen-bond donors (Lipinski definition) is 1. The van der Waals surface area contributed by atoms with E-state index >= 15 is 0 Å². The van der Waals surface area contributed by atoms with E-state index in [0.29, 0.717) is 24.6 Å². The highest BCUT2D eigenvalue weighted by Crippen LogP contribution is 2.13. The first kappa shape index (κ1) is 13.4. The van der Waals surface area contributed by atoms with Crippen molar-refractivity contribution in [3.05, 3.63) is 42.2 Å². The summed E-state index contributed by atoms with van der Waals surface area (Å²) in [7, 11) is 0. The first-order valence-corrected chi connectivity index (χ1v) is 6.41. The fraction of sp³-hybridized carbons (Fsp3) is 0.357. The third kappa shape index (κ3) is 3.26. The number of ketones is 1. The van der Waals surface area contributed by atoms with Crippen LogP contribution < -0.4 is 5.73 Å². The van der Waals surface area contributed by atoms with Crippen LogP contribution in [-0.4, -0.2) is 27.3 Å². The van der Waals surface area contributed by atoms with Gasteiger partial charge in [0.05, 0.1) is 11.9 Å². The van der Waals surface area contributed by atoms with Gasteiger partial charge in [-0.05, 0) is 31.0 Å². The molecule has 0 bridgehead atoms. The Morgan fingerprint density at radius 3 is 2.79 bits per heavy atom. The molecular formula is C14H18N4O. The van der Waals surface area contributed by atoms with E-state index in [1.54, 1.807) is 4.68 Å². The second kappa shape index (κ2) is 6.24. The minimum absolute atomic E-state index is 0.0501. The highest BCUT2D eigenvalue weighted by atomic mass is 16.1. The van der Waals surface area contributed by atoms with E-state index in [4.69, 9.17) is 5.73 Å². The summed E-state index contributed by atoms with van der Waals surface area (Å²) in [6.07, 6.45) is 2.77. The van der Waals surface area contributed by atoms with Crippen LogP contribution in [0.2, 0.25) is 0 Å². The predicted octanol–water partition coefficient (Wildman–Crippen LogP) is 1.82. The number of nitrogens with zero attached hydrogens (tertiary/aromatic N) is 3. The summed E-state index contributed by atoms with van der Waals surface area (Å²) in [5.74, 6) is 0.402. The summed E-state index contributed by atoms with van der Waals surface area (Å²) in [6.45, 7) is 2.64. The number of para-hydroxylation sites is 1. The molecule has 0 aliphatic rings. The standard InChI is InChI=1S/C14H18N4O/c1-11(9-15)7-8-14(19)13-10-16-17-18(13)12-5-3-2-4-6-12/h2-6,10-11H,7-9,15H2,1H3. The molecule has 2 N–H and O–H groups in total. The van der Waals surface area contributed by atoms with E-state index in [9.17, 15) is 4.79 Å². The maximum absolute atomic E-state index is 12.2. The van der Waals surface area contributed by atoms with Gasteiger partial charge in [0, 0.05) is 6.42 Å². The van der Waals surface area contributed by atoms with Crippen molar-refractivity contribution in [1.29, 1.82) is 0 Å². The van der Waals surface area contributed by atoms with Crippen molar-refractivity contribution in [3.8, 4) is 5.69 Å². The molecule has 0 amide bonds. The smallest absolute Gasteiger partial charge is 0.182 e. The molecule has 100 valence electrons. The SMILES string of the molecule is CC(CN)CCC(=O)c1cnnn1-c1ccccc1. The highest BCUT2D eigenvalue weighted by Gasteiger charge is 2.15. The van der Waals surface area contributed by atoms with Crippen molar-refractivity contribution in [3.63, 3.8) is 0 Å². The van der Waals surface area contributed by atoms with Crippen molar-refractivity contribution in [2.75, 3.05) is 6.54 Å². The van der Waals surface area contributed by atoms with Crippen LogP contribution in [0.5, 0.6) is 0 Å². The molecule has 1 unspecified atom stereocenters. The van der Waals surface area contributed by atoms with E-state index in [2.05, 4.69) is 10.3 Å². The van der Waals surface area contributed by atoms with Crippen LogP contribution in [0.15, 0.2) is 36.5 Å². The van der Waals surface area contributed by atoms with Gasteiger partial charge in [0.15, 0.2) is 5.78 Å². The summed E-state index contributed by atoms with van der Waals surface area (Å²) >= 11 is 0. The monoisotopic (exact) mass is 258 g/mol. The van der Waals surface area contributed by atoms with Gasteiger partial charge >= 0.3 is 0 Å². The molecule has 1 aromatic heterocycles. The van der Waals surface area contributed by atoms with Gasteiger partial charge in [0.1, 0.15) is 5.69 Å². The molecule has 0 saturated carbocycles. The second-order valence-corrected chi connectivity index (χ2v) is 4.67. The summed E-state index contributed by atoms with van der Waals surface area (Å²) in [5.41, 5.74) is 6.92. The molecule has 2 rings (SSSR count). The first-order chi connectivity index (χ1) is 9.22. The molecule has 1 atom stereocenters. The molecule has 0 aliphatic carbocycles. The first-order valence-electron chi connectivity index (χ1n) is 6.41. The number of hydrogen-bond acceptors (Lipinski definition) is 4. The van der Waals surface area contributed by atoms with Gasteiger partial charge in [0.2, 0.25) is 0 Å². The van der Waals surface area contributed by atoms with Gasteiger partial charge in [-0.25, -0.2) is 4.68 Å². The Balaban J connectivity index is 2.14. The zero-order valence-electron chi connectivity index (χ0n) is 11.0. The average molecular weight is 258 g/mol. The fourth-order valence-electron chi connectivity index (χ4n) is 1.81. The van der Waals surface area contributed by atoms with Gasteiger partial charge in [-0.3, -0.25) is 4.79 Å². The molecule has 1 heterocycles. The molecule has 5 heteroatoms. The number of Topliss-reactive ketones (excluding diaryl/α,β-unsaturated/α-hetero) is 1. The molecule has 0 spiro atoms. The third-order valence-corrected chi connectivity index (χ3v) is 3.10. The van der Waals surface area contributed by atoms with Crippen molar-refractivity contribution < 1.29 is 4.79 Å². The van der Waals surface area contributed by atoms with Crippen LogP contribution in [0.25, 0.3) is 5.69 Å². The summed E-state index contributed by atoms with van der Waals surface area (Å²) in [6, 6.07) is 9.52. The molecular weight excluding hydrogens is 240 g/mol. The van der Waals surface area contributed by atoms with Crippen LogP contribution in [0.3, 0.4) is 0 Å². The Kier molecular flexibility index (Phi) is 4.41. The van der Waals surface area contributed by atoms with Crippen molar-refractivity contribution in [2.24, 2.45) is 11.7 Å². The van der Waals surface area contributed by atoms with Gasteiger partial charge in [-0.1, -0.05) is 30.3 Å². The topological polar surface area (TPSA) is 73.8 Å². The lowest BCUT2D eigenvalue weighted by Crippen LogP contribution is -2.14. The number of carbonyl (C=O) groups is 1. The number of benzene rings is 1. The lowest BCUT2D eigenvalue weighted by molar-refractivity contribution is 0.0967. The molecule has 19 heavy (non-hydrogen) atoms. The van der Waals surface area contributed by atoms with E-state index in [1.165, 1.54) is 6.20 Å². The Morgan fingerprint density at radius 1 is 1.37 bits per heavy atom. The van der Waals surface area contributed by atoms with Crippen molar-refractivity contribution in [2.45, 2.75) is 19.8 Å². The maximum Gasteiger partial charge on any atom is 0.182 e. The number of aromatic nitrogens is 3. The Hall–Kier alpha value is -2.01. The fourth-order valence-corrected chi connectivity index (χ4v) is 1.81. The van der Waals surface area contributed by atoms with Crippen molar-refractivity contribution >= 4 is 5.78 Å². The lowest BCUT2D eigenvalue weighted by atomic mass is 10.0. The van der Waals surface area contributed by atoms with E-state index < -0.39 is 0 Å². The molecule has 0 saturated heterocycles. The van der Waals surface area contributed by atoms with Gasteiger partial charge < -0.3 is 5.73 Å². The lowest BCUT2D eigenvalue weighted by Gasteiger charge is -2.08. The average Bonchev–Trinajstić information content (AvgIpc) is 2.94. The van der Waals surface area contributed by atoms with Crippen LogP contribution in [-0.2, 0) is 0 Å². The number of carbonyl (C=O) groups excluding carboxylic acids is 1. The normalized spacial score (nSPS) is 12.3. The predicted molar refractivity (Wildman–Crippen MR) is 73.1 cm³/mol. The summed E-state index contributed by atoms with van der Waals surface area (Å²) in [4.78, 5) is 12.2. The van der Waals surface area contributed by atoms with Gasteiger partial charge in [-0.15, -0.1) is 5.10 Å². The van der Waals surface area contributed by atoms with Crippen LogP contribution >= 0.6 is 0 Å². The molecule has 0 fully saturated rings. The van der Waals surface area contributed by atoms with Crippen LogP contribution in [0, 0.1) is 5.92 Å². The van der Waals surface area contributed by atoms with E-state index in [0.717, 1.165) is 12.1 Å². The van der Waals surface area contributed by atoms with Gasteiger partial charge in [-0.2, -0.15) is 0 Å². The Morgan fingerprint density at radius 2 is 2.11 bits per heavy atom.